The normalized spacial score (nSPS) is 20.1. The first kappa shape index (κ1) is 42.6. The Kier molecular flexibility index (Phi) is 11.8. The molecule has 4 N–H and O–H groups in total. The van der Waals surface area contributed by atoms with Crippen LogP contribution in [0.1, 0.15) is 91.2 Å². The number of nitrogens with one attached hydrogen (secondary N) is 2. The Bertz CT molecular complexity index is 2580. The van der Waals surface area contributed by atoms with Gasteiger partial charge in [0.15, 0.2) is 22.9 Å². The van der Waals surface area contributed by atoms with E-state index in [1.54, 1.807) is 30.9 Å². The highest BCUT2D eigenvalue weighted by molar-refractivity contribution is 6.00. The summed E-state index contributed by atoms with van der Waals surface area (Å²) in [6, 6.07) is 6.17. The number of hydrogen-bond acceptors (Lipinski definition) is 10. The minimum Gasteiger partial charge on any atom is -0.503 e. The molecule has 0 bridgehead atoms. The monoisotopic (exact) mass is 848 g/mol. The number of carbonyl (C=O) groups is 4. The summed E-state index contributed by atoms with van der Waals surface area (Å²) >= 11 is 0. The summed E-state index contributed by atoms with van der Waals surface area (Å²) in [6.45, 7) is 8.39. The fourth-order valence-corrected chi connectivity index (χ4v) is 8.22. The second-order valence-corrected chi connectivity index (χ2v) is 15.4. The van der Waals surface area contributed by atoms with Crippen LogP contribution in [0.25, 0.3) is 0 Å². The van der Waals surface area contributed by atoms with E-state index in [1.807, 2.05) is 13.8 Å². The molecular formula is C42H43F3N6O10. The lowest BCUT2D eigenvalue weighted by molar-refractivity contribution is 0.0469. The first-order chi connectivity index (χ1) is 29.0. The molecule has 16 nitrogen and oxygen atoms in total. The Morgan fingerprint density at radius 2 is 1.20 bits per heavy atom. The van der Waals surface area contributed by atoms with Crippen molar-refractivity contribution in [3.63, 3.8) is 0 Å². The lowest BCUT2D eigenvalue weighted by Gasteiger charge is -2.41. The number of pyridine rings is 2. The van der Waals surface area contributed by atoms with Gasteiger partial charge in [-0.25, -0.2) is 13.2 Å². The Hall–Kier alpha value is -6.47. The molecule has 4 aromatic rings. The summed E-state index contributed by atoms with van der Waals surface area (Å²) in [6.07, 6.45) is 2.52. The molecular weight excluding hydrogens is 805 g/mol. The molecule has 2 aromatic heterocycles. The summed E-state index contributed by atoms with van der Waals surface area (Å²) in [5, 5.41) is 25.9. The summed E-state index contributed by atoms with van der Waals surface area (Å²) in [5.41, 5.74) is -1.92. The van der Waals surface area contributed by atoms with E-state index in [2.05, 4.69) is 10.6 Å². The molecule has 2 aromatic carbocycles. The van der Waals surface area contributed by atoms with Crippen LogP contribution in [0.5, 0.6) is 11.5 Å². The fourth-order valence-electron chi connectivity index (χ4n) is 8.22. The predicted octanol–water partition coefficient (Wildman–Crippen LogP) is 2.91. The molecule has 4 amide bonds. The number of carbonyl (C=O) groups excluding carboxylic acids is 4. The molecule has 2 saturated heterocycles. The average Bonchev–Trinajstić information content (AvgIpc) is 3.91. The molecule has 8 rings (SSSR count). The Morgan fingerprint density at radius 1 is 0.721 bits per heavy atom. The van der Waals surface area contributed by atoms with E-state index in [1.165, 1.54) is 38.6 Å². The number of aryl methyl sites for hydroxylation is 1. The zero-order chi connectivity index (χ0) is 44.0. The molecule has 4 aliphatic heterocycles. The molecule has 0 radical (unpaired) electrons. The zero-order valence-electron chi connectivity index (χ0n) is 33.5. The summed E-state index contributed by atoms with van der Waals surface area (Å²) in [7, 11) is 0. The minimum absolute atomic E-state index is 0.0325. The molecule has 2 fully saturated rings. The van der Waals surface area contributed by atoms with Crippen LogP contribution in [-0.2, 0) is 22.6 Å². The van der Waals surface area contributed by atoms with Crippen LogP contribution in [0.15, 0.2) is 58.4 Å². The highest BCUT2D eigenvalue weighted by Gasteiger charge is 2.47. The van der Waals surface area contributed by atoms with Crippen molar-refractivity contribution < 1.29 is 52.0 Å². The molecule has 4 atom stereocenters. The molecule has 0 saturated carbocycles. The molecule has 322 valence electrons. The van der Waals surface area contributed by atoms with Gasteiger partial charge in [0.1, 0.15) is 28.6 Å². The molecule has 19 heteroatoms. The van der Waals surface area contributed by atoms with Gasteiger partial charge in [-0.1, -0.05) is 18.2 Å². The van der Waals surface area contributed by atoms with Gasteiger partial charge in [-0.2, -0.15) is 0 Å². The van der Waals surface area contributed by atoms with E-state index in [0.717, 1.165) is 11.6 Å². The third-order valence-corrected chi connectivity index (χ3v) is 11.3. The maximum Gasteiger partial charge on any atom is 0.275 e. The summed E-state index contributed by atoms with van der Waals surface area (Å²) < 4.78 is 54.8. The number of halogens is 3. The van der Waals surface area contributed by atoms with Gasteiger partial charge in [-0.15, -0.1) is 0 Å². The lowest BCUT2D eigenvalue weighted by Crippen LogP contribution is -2.54. The van der Waals surface area contributed by atoms with Crippen molar-refractivity contribution in [3.05, 3.63) is 126 Å². The molecule has 4 unspecified atom stereocenters. The van der Waals surface area contributed by atoms with Gasteiger partial charge >= 0.3 is 0 Å². The minimum atomic E-state index is -1.000. The number of fused-ring (bicyclic) bond motifs is 6. The Morgan fingerprint density at radius 3 is 1.70 bits per heavy atom. The third kappa shape index (κ3) is 7.74. The molecule has 4 aliphatic rings. The second-order valence-electron chi connectivity index (χ2n) is 15.4. The SMILES string of the molecule is CCN1C(=O)c2c(O)c(=O)c(C(=O)NCc3ccc(F)cc3F)cn2C2COCC21.Cc1ccc(CNC(=O)c2cn3c(c(O)c2=O)C(=O)N(C(C)C)C2COCC23)c(F)c1. The average molecular weight is 849 g/mol. The van der Waals surface area contributed by atoms with Crippen LogP contribution in [0.3, 0.4) is 0 Å². The standard InChI is InChI=1S/C22H24FN3O5.C20H19F2N3O5/c1-11(2)26-17-10-31-9-16(17)25-8-14(19(27)20(28)18(25)22(26)30)21(29)24-7-13-5-4-12(3)6-15(13)23;1-2-24-14-8-30-9-15(14)25-7-12(17(26)18(27)16(25)20(24)29)19(28)23-6-10-3-4-11(21)5-13(10)22/h4-6,8,11,16-17,28H,7,9-10H2,1-3H3,(H,24,29);3-5,7,14-15,27H,2,6,8-9H2,1H3,(H,23,28). The van der Waals surface area contributed by atoms with Crippen LogP contribution in [0.4, 0.5) is 13.2 Å². The van der Waals surface area contributed by atoms with Crippen molar-refractivity contribution in [3.8, 4) is 11.5 Å². The highest BCUT2D eigenvalue weighted by atomic mass is 19.1. The maximum absolute atomic E-state index is 14.1. The predicted molar refractivity (Wildman–Crippen MR) is 210 cm³/mol. The number of aromatic hydroxyl groups is 2. The second kappa shape index (κ2) is 16.9. The molecule has 0 spiro atoms. The van der Waals surface area contributed by atoms with Crippen LogP contribution >= 0.6 is 0 Å². The fraction of sp³-hybridized carbons (Fsp3) is 0.381. The number of likely N-dealkylation sites (N-methyl/N-ethyl adjacent to an activating group) is 1. The quantitative estimate of drug-likeness (QED) is 0.204. The van der Waals surface area contributed by atoms with Gasteiger partial charge in [0.25, 0.3) is 23.6 Å². The van der Waals surface area contributed by atoms with Crippen LogP contribution in [0.2, 0.25) is 0 Å². The lowest BCUT2D eigenvalue weighted by atomic mass is 10.0. The van der Waals surface area contributed by atoms with Gasteiger partial charge in [-0.3, -0.25) is 28.8 Å². The van der Waals surface area contributed by atoms with Gasteiger partial charge in [0.2, 0.25) is 10.9 Å². The van der Waals surface area contributed by atoms with E-state index in [0.29, 0.717) is 25.8 Å². The van der Waals surface area contributed by atoms with Crippen molar-refractivity contribution >= 4 is 23.6 Å². The van der Waals surface area contributed by atoms with E-state index in [4.69, 9.17) is 9.47 Å². The van der Waals surface area contributed by atoms with Crippen molar-refractivity contribution in [1.29, 1.82) is 0 Å². The largest absolute Gasteiger partial charge is 0.503 e. The number of hydrogen-bond donors (Lipinski definition) is 4. The number of ether oxygens (including phenoxy) is 2. The maximum atomic E-state index is 14.1. The van der Waals surface area contributed by atoms with Crippen LogP contribution in [-0.4, -0.2) is 104 Å². The van der Waals surface area contributed by atoms with Crippen LogP contribution < -0.4 is 21.5 Å². The van der Waals surface area contributed by atoms with Crippen molar-refractivity contribution in [1.82, 2.24) is 29.6 Å². The van der Waals surface area contributed by atoms with E-state index < -0.39 is 63.4 Å². The molecule has 6 heterocycles. The Labute approximate surface area is 346 Å². The number of benzene rings is 2. The van der Waals surface area contributed by atoms with Crippen molar-refractivity contribution in [2.45, 2.75) is 71.0 Å². The van der Waals surface area contributed by atoms with Crippen LogP contribution in [0, 0.1) is 24.4 Å². The third-order valence-electron chi connectivity index (χ3n) is 11.3. The Balaban J connectivity index is 0.000000184. The van der Waals surface area contributed by atoms with E-state index in [9.17, 15) is 52.2 Å². The first-order valence-electron chi connectivity index (χ1n) is 19.5. The van der Waals surface area contributed by atoms with E-state index >= 15 is 0 Å². The van der Waals surface area contributed by atoms with Gasteiger partial charge in [0, 0.05) is 55.3 Å². The number of rotatable bonds is 8. The summed E-state index contributed by atoms with van der Waals surface area (Å²) in [4.78, 5) is 79.6. The molecule has 61 heavy (non-hydrogen) atoms. The molecule has 0 aliphatic carbocycles. The van der Waals surface area contributed by atoms with Gasteiger partial charge < -0.3 is 49.3 Å². The zero-order valence-corrected chi connectivity index (χ0v) is 33.5. The smallest absolute Gasteiger partial charge is 0.275 e. The topological polar surface area (TPSA) is 202 Å². The summed E-state index contributed by atoms with van der Waals surface area (Å²) in [5.74, 6) is -6.24. The van der Waals surface area contributed by atoms with Crippen molar-refractivity contribution in [2.24, 2.45) is 0 Å². The number of nitrogens with zero attached hydrogens (tertiary/aromatic N) is 4. The number of amides is 4. The first-order valence-corrected chi connectivity index (χ1v) is 19.5. The number of aromatic nitrogens is 2. The highest BCUT2D eigenvalue weighted by Crippen LogP contribution is 2.36. The van der Waals surface area contributed by atoms with Gasteiger partial charge in [0.05, 0.1) is 50.6 Å². The van der Waals surface area contributed by atoms with Gasteiger partial charge in [-0.05, 0) is 45.4 Å². The van der Waals surface area contributed by atoms with E-state index in [-0.39, 0.29) is 90.2 Å². The van der Waals surface area contributed by atoms with Crippen molar-refractivity contribution in [2.75, 3.05) is 33.0 Å².